The molecule has 0 radical (unpaired) electrons. The topological polar surface area (TPSA) is 51.2 Å². The Hall–Kier alpha value is -1.77. The fourth-order valence-corrected chi connectivity index (χ4v) is 1.69. The number of rotatable bonds is 0. The fraction of sp³-hybridized carbons (Fsp3) is 0.182. The summed E-state index contributed by atoms with van der Waals surface area (Å²) in [6.07, 6.45) is -0.281. The molecule has 0 heterocycles. The van der Waals surface area contributed by atoms with Gasteiger partial charge in [-0.25, -0.2) is 0 Å². The van der Waals surface area contributed by atoms with E-state index in [-0.39, 0.29) is 17.8 Å². The minimum Gasteiger partial charge on any atom is -0.294 e. The van der Waals surface area contributed by atoms with Gasteiger partial charge in [-0.2, -0.15) is 0 Å². The van der Waals surface area contributed by atoms with Crippen molar-refractivity contribution in [3.05, 3.63) is 34.9 Å². The summed E-state index contributed by atoms with van der Waals surface area (Å²) in [6.45, 7) is 1.76. The molecule has 0 saturated heterocycles. The number of carbonyl (C=O) groups is 3. The lowest BCUT2D eigenvalue weighted by Crippen LogP contribution is -2.27. The van der Waals surface area contributed by atoms with Crippen LogP contribution in [0.4, 0.5) is 0 Å². The molecule has 0 unspecified atom stereocenters. The van der Waals surface area contributed by atoms with E-state index in [0.29, 0.717) is 5.56 Å². The predicted octanol–water partition coefficient (Wildman–Crippen LogP) is 1.33. The molecule has 0 fully saturated rings. The molecule has 0 atom stereocenters. The van der Waals surface area contributed by atoms with Crippen molar-refractivity contribution in [1.82, 2.24) is 0 Å². The zero-order valence-corrected chi connectivity index (χ0v) is 7.66. The van der Waals surface area contributed by atoms with Gasteiger partial charge in [-0.3, -0.25) is 14.4 Å². The second-order valence-electron chi connectivity index (χ2n) is 3.35. The largest absolute Gasteiger partial charge is 0.294 e. The second kappa shape index (κ2) is 2.87. The molecule has 14 heavy (non-hydrogen) atoms. The molecular weight excluding hydrogens is 180 g/mol. The second-order valence-corrected chi connectivity index (χ2v) is 3.35. The minimum atomic E-state index is -0.604. The lowest BCUT2D eigenvalue weighted by atomic mass is 9.86. The van der Waals surface area contributed by atoms with E-state index >= 15 is 0 Å². The monoisotopic (exact) mass is 188 g/mol. The van der Waals surface area contributed by atoms with Crippen LogP contribution in [0.25, 0.3) is 0 Å². The Bertz CT molecular complexity index is 458. The summed E-state index contributed by atoms with van der Waals surface area (Å²) in [5.41, 5.74) is 1.43. The molecule has 0 N–H and O–H groups in total. The Labute approximate surface area is 80.7 Å². The van der Waals surface area contributed by atoms with Crippen LogP contribution in [-0.2, 0) is 4.79 Å². The molecule has 3 nitrogen and oxygen atoms in total. The number of aryl methyl sites for hydroxylation is 1. The molecule has 1 aliphatic rings. The Morgan fingerprint density at radius 1 is 1.07 bits per heavy atom. The number of hydrogen-bond acceptors (Lipinski definition) is 3. The highest BCUT2D eigenvalue weighted by atomic mass is 16.2. The first kappa shape index (κ1) is 8.81. The number of hydrogen-bond donors (Lipinski definition) is 0. The SMILES string of the molecule is Cc1cccc2c1C(=O)CC(=O)C2=O. The molecule has 2 rings (SSSR count). The third kappa shape index (κ3) is 1.09. The number of carbonyl (C=O) groups excluding carboxylic acids is 3. The zero-order valence-electron chi connectivity index (χ0n) is 7.66. The highest BCUT2D eigenvalue weighted by molar-refractivity contribution is 6.50. The van der Waals surface area contributed by atoms with Crippen molar-refractivity contribution in [2.24, 2.45) is 0 Å². The third-order valence-corrected chi connectivity index (χ3v) is 2.37. The van der Waals surface area contributed by atoms with E-state index in [1.165, 1.54) is 6.07 Å². The molecule has 70 valence electrons. The van der Waals surface area contributed by atoms with E-state index in [9.17, 15) is 14.4 Å². The van der Waals surface area contributed by atoms with Crippen LogP contribution in [0.5, 0.6) is 0 Å². The van der Waals surface area contributed by atoms with Crippen LogP contribution < -0.4 is 0 Å². The maximum Gasteiger partial charge on any atom is 0.229 e. The van der Waals surface area contributed by atoms with Crippen LogP contribution in [0, 0.1) is 6.92 Å². The molecule has 1 aromatic carbocycles. The summed E-state index contributed by atoms with van der Waals surface area (Å²) in [6, 6.07) is 4.97. The van der Waals surface area contributed by atoms with Crippen molar-refractivity contribution in [2.75, 3.05) is 0 Å². The van der Waals surface area contributed by atoms with Gasteiger partial charge in [-0.1, -0.05) is 18.2 Å². The van der Waals surface area contributed by atoms with E-state index in [2.05, 4.69) is 0 Å². The third-order valence-electron chi connectivity index (χ3n) is 2.37. The Kier molecular flexibility index (Phi) is 1.81. The zero-order chi connectivity index (χ0) is 10.3. The van der Waals surface area contributed by atoms with Crippen LogP contribution in [-0.4, -0.2) is 17.3 Å². The molecule has 0 bridgehead atoms. The quantitative estimate of drug-likeness (QED) is 0.456. The summed E-state index contributed by atoms with van der Waals surface area (Å²) in [5, 5.41) is 0. The van der Waals surface area contributed by atoms with Crippen LogP contribution in [0.3, 0.4) is 0 Å². The van der Waals surface area contributed by atoms with E-state index in [1.54, 1.807) is 19.1 Å². The molecule has 3 heteroatoms. The highest BCUT2D eigenvalue weighted by Gasteiger charge is 2.31. The minimum absolute atomic E-state index is 0.247. The number of benzene rings is 1. The summed E-state index contributed by atoms with van der Waals surface area (Å²) >= 11 is 0. The average molecular weight is 188 g/mol. The van der Waals surface area contributed by atoms with E-state index < -0.39 is 11.6 Å². The first-order valence-electron chi connectivity index (χ1n) is 4.31. The van der Waals surface area contributed by atoms with Gasteiger partial charge in [0.1, 0.15) is 0 Å². The maximum atomic E-state index is 11.5. The molecule has 0 amide bonds. The van der Waals surface area contributed by atoms with Gasteiger partial charge in [-0.15, -0.1) is 0 Å². The molecule has 0 saturated carbocycles. The Morgan fingerprint density at radius 2 is 1.79 bits per heavy atom. The van der Waals surface area contributed by atoms with Crippen molar-refractivity contribution in [1.29, 1.82) is 0 Å². The van der Waals surface area contributed by atoms with E-state index in [4.69, 9.17) is 0 Å². The molecule has 1 aromatic rings. The van der Waals surface area contributed by atoms with Crippen molar-refractivity contribution < 1.29 is 14.4 Å². The van der Waals surface area contributed by atoms with Gasteiger partial charge in [-0.05, 0) is 12.5 Å². The van der Waals surface area contributed by atoms with Crippen LogP contribution in [0.2, 0.25) is 0 Å². The molecule has 0 spiro atoms. The Morgan fingerprint density at radius 3 is 2.50 bits per heavy atom. The maximum absolute atomic E-state index is 11.5. The summed E-state index contributed by atoms with van der Waals surface area (Å²) in [7, 11) is 0. The standard InChI is InChI=1S/C11H8O3/c1-6-3-2-4-7-10(6)8(12)5-9(13)11(7)14/h2-4H,5H2,1H3. The normalized spacial score (nSPS) is 15.6. The summed E-state index contributed by atoms with van der Waals surface area (Å²) in [5.74, 6) is -1.39. The van der Waals surface area contributed by atoms with Gasteiger partial charge < -0.3 is 0 Å². The number of ketones is 3. The average Bonchev–Trinajstić information content (AvgIpc) is 2.14. The highest BCUT2D eigenvalue weighted by Crippen LogP contribution is 2.22. The molecular formula is C11H8O3. The van der Waals surface area contributed by atoms with Gasteiger partial charge in [0.2, 0.25) is 11.6 Å². The van der Waals surface area contributed by atoms with Gasteiger partial charge >= 0.3 is 0 Å². The van der Waals surface area contributed by atoms with Crippen LogP contribution >= 0.6 is 0 Å². The van der Waals surface area contributed by atoms with E-state index in [0.717, 1.165) is 5.56 Å². The summed E-state index contributed by atoms with van der Waals surface area (Å²) < 4.78 is 0. The van der Waals surface area contributed by atoms with E-state index in [1.807, 2.05) is 0 Å². The van der Waals surface area contributed by atoms with Gasteiger partial charge in [0.25, 0.3) is 0 Å². The van der Waals surface area contributed by atoms with Gasteiger partial charge in [0.05, 0.1) is 6.42 Å². The van der Waals surface area contributed by atoms with Crippen molar-refractivity contribution >= 4 is 17.3 Å². The lowest BCUT2D eigenvalue weighted by molar-refractivity contribution is -0.114. The van der Waals surface area contributed by atoms with Crippen molar-refractivity contribution in [3.8, 4) is 0 Å². The first-order chi connectivity index (χ1) is 6.61. The van der Waals surface area contributed by atoms with Crippen LogP contribution in [0.15, 0.2) is 18.2 Å². The number of Topliss-reactive ketones (excluding diaryl/α,β-unsaturated/α-hetero) is 3. The van der Waals surface area contributed by atoms with Crippen molar-refractivity contribution in [2.45, 2.75) is 13.3 Å². The smallest absolute Gasteiger partial charge is 0.229 e. The first-order valence-corrected chi connectivity index (χ1v) is 4.31. The molecule has 0 aromatic heterocycles. The lowest BCUT2D eigenvalue weighted by Gasteiger charge is -2.14. The van der Waals surface area contributed by atoms with Crippen molar-refractivity contribution in [3.63, 3.8) is 0 Å². The molecule has 0 aliphatic heterocycles. The van der Waals surface area contributed by atoms with Crippen LogP contribution in [0.1, 0.15) is 32.7 Å². The Balaban J connectivity index is 2.73. The fourth-order valence-electron chi connectivity index (χ4n) is 1.69. The summed E-state index contributed by atoms with van der Waals surface area (Å²) in [4.78, 5) is 34.0. The van der Waals surface area contributed by atoms with Gasteiger partial charge in [0.15, 0.2) is 5.78 Å². The number of fused-ring (bicyclic) bond motifs is 1. The van der Waals surface area contributed by atoms with Gasteiger partial charge in [0, 0.05) is 11.1 Å². The predicted molar refractivity (Wildman–Crippen MR) is 49.5 cm³/mol. The molecule has 1 aliphatic carbocycles.